The lowest BCUT2D eigenvalue weighted by molar-refractivity contribution is 0.00470. The number of halogens is 1. The monoisotopic (exact) mass is 728 g/mol. The Bertz CT molecular complexity index is 1900. The fraction of sp³-hybridized carbons (Fsp3) is 0.500. The molecule has 12 heteroatoms. The number of carbonyl (C=O) groups is 2. The number of H-pyrrole nitrogens is 2. The van der Waals surface area contributed by atoms with Crippen LogP contribution < -0.4 is 0 Å². The molecule has 1 aliphatic heterocycles. The molecule has 2 aliphatic rings. The minimum absolute atomic E-state index is 0.107. The molecule has 2 aromatic carbocycles. The number of nitrogens with zero attached hydrogens (tertiary/aromatic N) is 4. The van der Waals surface area contributed by atoms with Crippen molar-refractivity contribution >= 4 is 20.3 Å². The second-order valence-electron chi connectivity index (χ2n) is 17.5. The zero-order chi connectivity index (χ0) is 37.7. The van der Waals surface area contributed by atoms with E-state index in [0.29, 0.717) is 29.3 Å². The SMILES string of the molecule is CC(c1ncc(-c2ccc(-c3ccc(-c4nc(C5CC6CCC6N5C(=O)OC(C)(C)C)[nH]c4F)cc3)cc2)[nH]1)N(C[Si](C)(C)C)C(=O)OC(C)(C)C. The van der Waals surface area contributed by atoms with E-state index in [0.717, 1.165) is 41.6 Å². The van der Waals surface area contributed by atoms with E-state index >= 15 is 4.39 Å². The highest BCUT2D eigenvalue weighted by atomic mass is 28.3. The molecule has 2 aromatic heterocycles. The van der Waals surface area contributed by atoms with E-state index in [1.165, 1.54) is 0 Å². The summed E-state index contributed by atoms with van der Waals surface area (Å²) >= 11 is 0. The van der Waals surface area contributed by atoms with Gasteiger partial charge < -0.3 is 24.3 Å². The van der Waals surface area contributed by atoms with Crippen LogP contribution in [-0.2, 0) is 9.47 Å². The predicted molar refractivity (Wildman–Crippen MR) is 204 cm³/mol. The maximum Gasteiger partial charge on any atom is 0.411 e. The molecule has 4 aromatic rings. The second-order valence-corrected chi connectivity index (χ2v) is 22.9. The van der Waals surface area contributed by atoms with Crippen LogP contribution in [0, 0.1) is 11.9 Å². The van der Waals surface area contributed by atoms with Gasteiger partial charge in [-0.15, -0.1) is 0 Å². The van der Waals surface area contributed by atoms with Crippen LogP contribution >= 0.6 is 0 Å². The normalized spacial score (nSPS) is 19.5. The Labute approximate surface area is 307 Å². The molecule has 3 heterocycles. The van der Waals surface area contributed by atoms with E-state index in [1.807, 2.05) is 97.0 Å². The largest absolute Gasteiger partial charge is 0.444 e. The van der Waals surface area contributed by atoms with Crippen molar-refractivity contribution in [3.05, 3.63) is 72.3 Å². The van der Waals surface area contributed by atoms with Gasteiger partial charge in [-0.25, -0.2) is 19.6 Å². The summed E-state index contributed by atoms with van der Waals surface area (Å²) in [5.74, 6) is 1.02. The van der Waals surface area contributed by atoms with Crippen molar-refractivity contribution in [3.63, 3.8) is 0 Å². The Morgan fingerprint density at radius 1 is 0.904 bits per heavy atom. The summed E-state index contributed by atoms with van der Waals surface area (Å²) in [6, 6.07) is 15.3. The third-order valence-electron chi connectivity index (χ3n) is 9.61. The summed E-state index contributed by atoms with van der Waals surface area (Å²) < 4.78 is 26.9. The van der Waals surface area contributed by atoms with Crippen LogP contribution in [0.25, 0.3) is 33.6 Å². The van der Waals surface area contributed by atoms with E-state index < -0.39 is 25.2 Å². The summed E-state index contributed by atoms with van der Waals surface area (Å²) in [6.07, 6.45) is 4.46. The summed E-state index contributed by atoms with van der Waals surface area (Å²) in [7, 11) is -1.65. The Morgan fingerprint density at radius 3 is 2.02 bits per heavy atom. The number of carbonyl (C=O) groups excluding carboxylic acids is 2. The Morgan fingerprint density at radius 2 is 1.48 bits per heavy atom. The first-order valence-electron chi connectivity index (χ1n) is 18.3. The van der Waals surface area contributed by atoms with Gasteiger partial charge in [0.2, 0.25) is 5.95 Å². The number of aromatic amines is 2. The smallest absolute Gasteiger partial charge is 0.411 e. The molecule has 6 rings (SSSR count). The molecule has 4 atom stereocenters. The van der Waals surface area contributed by atoms with E-state index in [2.05, 4.69) is 39.6 Å². The number of hydrogen-bond acceptors (Lipinski definition) is 6. The lowest BCUT2D eigenvalue weighted by Gasteiger charge is -2.37. The van der Waals surface area contributed by atoms with Crippen LogP contribution in [0.4, 0.5) is 14.0 Å². The van der Waals surface area contributed by atoms with Crippen LogP contribution in [0.2, 0.25) is 19.6 Å². The number of fused-ring (bicyclic) bond motifs is 1. The van der Waals surface area contributed by atoms with Crippen molar-refractivity contribution in [3.8, 4) is 33.6 Å². The average molecular weight is 729 g/mol. The molecule has 2 N–H and O–H groups in total. The number of benzene rings is 2. The molecule has 0 bridgehead atoms. The Kier molecular flexibility index (Phi) is 9.93. The fourth-order valence-electron chi connectivity index (χ4n) is 7.06. The zero-order valence-electron chi connectivity index (χ0n) is 32.1. The van der Waals surface area contributed by atoms with Crippen LogP contribution in [-0.4, -0.2) is 73.4 Å². The van der Waals surface area contributed by atoms with Gasteiger partial charge in [0.15, 0.2) is 0 Å². The first kappa shape index (κ1) is 37.3. The number of imidazole rings is 2. The number of amides is 2. The number of rotatable bonds is 8. The third kappa shape index (κ3) is 8.27. The highest BCUT2D eigenvalue weighted by Crippen LogP contribution is 2.50. The number of likely N-dealkylation sites (tertiary alicyclic amines) is 1. The topological polar surface area (TPSA) is 116 Å². The number of aromatic nitrogens is 4. The first-order chi connectivity index (χ1) is 24.3. The van der Waals surface area contributed by atoms with Crippen molar-refractivity contribution in [2.75, 3.05) is 6.17 Å². The van der Waals surface area contributed by atoms with Crippen molar-refractivity contribution in [2.24, 2.45) is 5.92 Å². The highest BCUT2D eigenvalue weighted by Gasteiger charge is 2.51. The number of nitrogens with one attached hydrogen (secondary N) is 2. The maximum atomic E-state index is 15.4. The Hall–Kier alpha value is -4.45. The minimum atomic E-state index is -1.65. The van der Waals surface area contributed by atoms with Gasteiger partial charge in [-0.2, -0.15) is 4.39 Å². The summed E-state index contributed by atoms with van der Waals surface area (Å²) in [6.45, 7) is 19.9. The van der Waals surface area contributed by atoms with Gasteiger partial charge in [-0.1, -0.05) is 68.2 Å². The van der Waals surface area contributed by atoms with Crippen molar-refractivity contribution in [1.82, 2.24) is 29.7 Å². The molecule has 10 nitrogen and oxygen atoms in total. The van der Waals surface area contributed by atoms with Crippen LogP contribution in [0.5, 0.6) is 0 Å². The molecule has 2 fully saturated rings. The van der Waals surface area contributed by atoms with E-state index in [-0.39, 0.29) is 36.0 Å². The Balaban J connectivity index is 1.15. The van der Waals surface area contributed by atoms with Gasteiger partial charge in [0.25, 0.3) is 0 Å². The third-order valence-corrected chi connectivity index (χ3v) is 10.9. The van der Waals surface area contributed by atoms with Crippen LogP contribution in [0.15, 0.2) is 54.7 Å². The quantitative estimate of drug-likeness (QED) is 0.175. The van der Waals surface area contributed by atoms with Gasteiger partial charge in [-0.05, 0) is 90.3 Å². The summed E-state index contributed by atoms with van der Waals surface area (Å²) in [5.41, 5.74) is 3.48. The van der Waals surface area contributed by atoms with Gasteiger partial charge in [0.1, 0.15) is 28.5 Å². The van der Waals surface area contributed by atoms with Crippen molar-refractivity contribution in [1.29, 1.82) is 0 Å². The molecule has 1 saturated carbocycles. The van der Waals surface area contributed by atoms with Gasteiger partial charge in [-0.3, -0.25) is 4.90 Å². The lowest BCUT2D eigenvalue weighted by atomic mass is 9.80. The summed E-state index contributed by atoms with van der Waals surface area (Å²) in [5, 5.41) is 0. The van der Waals surface area contributed by atoms with Crippen molar-refractivity contribution < 1.29 is 23.5 Å². The van der Waals surface area contributed by atoms with Gasteiger partial charge in [0.05, 0.1) is 32.0 Å². The molecular formula is C40H53FN6O4Si. The van der Waals surface area contributed by atoms with Gasteiger partial charge in [0, 0.05) is 17.8 Å². The maximum absolute atomic E-state index is 15.4. The lowest BCUT2D eigenvalue weighted by Crippen LogP contribution is -2.47. The fourth-order valence-corrected chi connectivity index (χ4v) is 8.49. The zero-order valence-corrected chi connectivity index (χ0v) is 33.1. The summed E-state index contributed by atoms with van der Waals surface area (Å²) in [4.78, 5) is 45.6. The first-order valence-corrected chi connectivity index (χ1v) is 22.0. The molecule has 52 heavy (non-hydrogen) atoms. The van der Waals surface area contributed by atoms with Crippen LogP contribution in [0.3, 0.4) is 0 Å². The van der Waals surface area contributed by atoms with Crippen molar-refractivity contribution in [2.45, 2.75) is 117 Å². The standard InChI is InChI=1S/C40H53FN6O4Si/c1-24(46(23-52(8,9)10)37(48)50-39(2,3)4)35-42-22-30(43-35)27-15-11-25(12-16-27)26-13-17-28(18-14-26)33-34(41)45-36(44-33)32-21-29-19-20-31(29)47(32)38(49)51-40(5,6)7/h11-18,22,24,29,31-32H,19-21,23H2,1-10H3,(H,42,43)(H,44,45). The minimum Gasteiger partial charge on any atom is -0.444 e. The van der Waals surface area contributed by atoms with Crippen LogP contribution in [0.1, 0.15) is 91.5 Å². The molecule has 1 saturated heterocycles. The van der Waals surface area contributed by atoms with E-state index in [9.17, 15) is 9.59 Å². The molecular weight excluding hydrogens is 676 g/mol. The van der Waals surface area contributed by atoms with Gasteiger partial charge >= 0.3 is 12.2 Å². The van der Waals surface area contributed by atoms with E-state index in [4.69, 9.17) is 9.47 Å². The molecule has 278 valence electrons. The molecule has 2 amide bonds. The molecule has 4 unspecified atom stereocenters. The number of hydrogen-bond donors (Lipinski definition) is 2. The molecule has 0 radical (unpaired) electrons. The van der Waals surface area contributed by atoms with E-state index in [1.54, 1.807) is 16.0 Å². The average Bonchev–Trinajstić information content (AvgIpc) is 3.74. The second kappa shape index (κ2) is 13.8. The molecule has 0 spiro atoms. The molecule has 1 aliphatic carbocycles. The highest BCUT2D eigenvalue weighted by molar-refractivity contribution is 6.76. The number of ether oxygens (including phenoxy) is 2. The predicted octanol–water partition coefficient (Wildman–Crippen LogP) is 9.91.